The summed E-state index contributed by atoms with van der Waals surface area (Å²) < 4.78 is 10.5. The highest BCUT2D eigenvalue weighted by Crippen LogP contribution is 2.36. The largest absolute Gasteiger partial charge is 0.497 e. The number of aromatic amines is 1. The van der Waals surface area contributed by atoms with Crippen LogP contribution in [-0.4, -0.2) is 25.1 Å². The number of carbonyl (C=O) groups excluding carboxylic acids is 1. The summed E-state index contributed by atoms with van der Waals surface area (Å²) in [5.41, 5.74) is 4.50. The summed E-state index contributed by atoms with van der Waals surface area (Å²) in [6.45, 7) is 0. The maximum atomic E-state index is 12.6. The highest BCUT2D eigenvalue weighted by Gasteiger charge is 2.25. The minimum atomic E-state index is 0.0258. The number of aryl methyl sites for hydroxylation is 1. The van der Waals surface area contributed by atoms with E-state index in [0.29, 0.717) is 6.42 Å². The number of hydrogen-bond acceptors (Lipinski definition) is 3. The highest BCUT2D eigenvalue weighted by molar-refractivity contribution is 5.87. The molecule has 1 heterocycles. The van der Waals surface area contributed by atoms with Crippen molar-refractivity contribution in [3.05, 3.63) is 59.3 Å². The molecule has 27 heavy (non-hydrogen) atoms. The van der Waals surface area contributed by atoms with Crippen LogP contribution in [0.5, 0.6) is 11.5 Å². The van der Waals surface area contributed by atoms with Crippen molar-refractivity contribution in [1.29, 1.82) is 0 Å². The average Bonchev–Trinajstić information content (AvgIpc) is 3.07. The Balaban J connectivity index is 1.52. The van der Waals surface area contributed by atoms with E-state index in [-0.39, 0.29) is 11.9 Å². The van der Waals surface area contributed by atoms with Gasteiger partial charge in [-0.2, -0.15) is 0 Å². The SMILES string of the molecule is COc1ccc(CC(=O)N[C@H]2CCCc3c2[nH]c2ccc(OC)cc32)cc1. The maximum absolute atomic E-state index is 12.6. The van der Waals surface area contributed by atoms with Crippen LogP contribution in [0.1, 0.15) is 35.7 Å². The van der Waals surface area contributed by atoms with Gasteiger partial charge in [-0.3, -0.25) is 4.79 Å². The third-order valence-corrected chi connectivity index (χ3v) is 5.27. The van der Waals surface area contributed by atoms with E-state index in [2.05, 4.69) is 16.4 Å². The third kappa shape index (κ3) is 3.50. The molecule has 0 saturated carbocycles. The van der Waals surface area contributed by atoms with Gasteiger partial charge in [-0.15, -0.1) is 0 Å². The highest BCUT2D eigenvalue weighted by atomic mass is 16.5. The van der Waals surface area contributed by atoms with Crippen molar-refractivity contribution in [1.82, 2.24) is 10.3 Å². The van der Waals surface area contributed by atoms with Crippen LogP contribution in [0.3, 0.4) is 0 Å². The zero-order chi connectivity index (χ0) is 18.8. The Bertz CT molecular complexity index is 960. The fourth-order valence-corrected chi connectivity index (χ4v) is 3.89. The van der Waals surface area contributed by atoms with Crippen LogP contribution in [0.4, 0.5) is 0 Å². The molecule has 1 atom stereocenters. The molecule has 2 aromatic carbocycles. The molecule has 0 saturated heterocycles. The summed E-state index contributed by atoms with van der Waals surface area (Å²) in [5, 5.41) is 4.40. The Morgan fingerprint density at radius 3 is 2.59 bits per heavy atom. The molecular weight excluding hydrogens is 340 g/mol. The van der Waals surface area contributed by atoms with Crippen LogP contribution in [-0.2, 0) is 17.6 Å². The van der Waals surface area contributed by atoms with Crippen LogP contribution in [0.2, 0.25) is 0 Å². The number of nitrogens with one attached hydrogen (secondary N) is 2. The van der Waals surface area contributed by atoms with Gasteiger partial charge in [-0.25, -0.2) is 0 Å². The van der Waals surface area contributed by atoms with Gasteiger partial charge in [0, 0.05) is 16.6 Å². The summed E-state index contributed by atoms with van der Waals surface area (Å²) in [7, 11) is 3.32. The van der Waals surface area contributed by atoms with Crippen LogP contribution < -0.4 is 14.8 Å². The second-order valence-electron chi connectivity index (χ2n) is 6.97. The van der Waals surface area contributed by atoms with E-state index in [1.165, 1.54) is 10.9 Å². The van der Waals surface area contributed by atoms with Gasteiger partial charge in [0.2, 0.25) is 5.91 Å². The number of benzene rings is 2. The van der Waals surface area contributed by atoms with Crippen molar-refractivity contribution in [2.75, 3.05) is 14.2 Å². The first-order valence-corrected chi connectivity index (χ1v) is 9.28. The van der Waals surface area contributed by atoms with Gasteiger partial charge >= 0.3 is 0 Å². The number of methoxy groups -OCH3 is 2. The molecule has 4 rings (SSSR count). The standard InChI is InChI=1S/C22H24N2O3/c1-26-15-8-6-14(7-9-15)12-21(25)23-20-5-3-4-17-18-13-16(27-2)10-11-19(18)24-22(17)20/h6-11,13,20,24H,3-5,12H2,1-2H3,(H,23,25)/t20-/m0/s1. The van der Waals surface area contributed by atoms with E-state index in [1.54, 1.807) is 14.2 Å². The smallest absolute Gasteiger partial charge is 0.224 e. The van der Waals surface area contributed by atoms with Crippen molar-refractivity contribution in [2.24, 2.45) is 0 Å². The van der Waals surface area contributed by atoms with E-state index in [9.17, 15) is 4.79 Å². The lowest BCUT2D eigenvalue weighted by molar-refractivity contribution is -0.121. The molecule has 1 aliphatic carbocycles. The molecule has 1 aromatic heterocycles. The number of aromatic nitrogens is 1. The summed E-state index contributed by atoms with van der Waals surface area (Å²) in [4.78, 5) is 16.1. The Labute approximate surface area is 158 Å². The van der Waals surface area contributed by atoms with Crippen molar-refractivity contribution in [3.63, 3.8) is 0 Å². The minimum absolute atomic E-state index is 0.0258. The first-order chi connectivity index (χ1) is 13.2. The summed E-state index contributed by atoms with van der Waals surface area (Å²) in [6, 6.07) is 13.7. The predicted octanol–water partition coefficient (Wildman–Crippen LogP) is 3.92. The zero-order valence-corrected chi connectivity index (χ0v) is 15.7. The number of rotatable bonds is 5. The van der Waals surface area contributed by atoms with Crippen LogP contribution in [0.15, 0.2) is 42.5 Å². The van der Waals surface area contributed by atoms with Gasteiger partial charge in [0.05, 0.1) is 26.7 Å². The second-order valence-corrected chi connectivity index (χ2v) is 6.97. The average molecular weight is 364 g/mol. The van der Waals surface area contributed by atoms with Gasteiger partial charge in [-0.05, 0) is 60.7 Å². The first-order valence-electron chi connectivity index (χ1n) is 9.28. The zero-order valence-electron chi connectivity index (χ0n) is 15.7. The minimum Gasteiger partial charge on any atom is -0.497 e. The Morgan fingerprint density at radius 1 is 1.11 bits per heavy atom. The van der Waals surface area contributed by atoms with Gasteiger partial charge in [0.1, 0.15) is 11.5 Å². The van der Waals surface area contributed by atoms with Gasteiger partial charge in [-0.1, -0.05) is 12.1 Å². The predicted molar refractivity (Wildman–Crippen MR) is 105 cm³/mol. The number of fused-ring (bicyclic) bond motifs is 3. The van der Waals surface area contributed by atoms with Crippen molar-refractivity contribution in [2.45, 2.75) is 31.7 Å². The van der Waals surface area contributed by atoms with Gasteiger partial charge in [0.15, 0.2) is 0 Å². The number of ether oxygens (including phenoxy) is 2. The topological polar surface area (TPSA) is 63.3 Å². The molecule has 2 N–H and O–H groups in total. The molecule has 1 amide bonds. The van der Waals surface area contributed by atoms with Crippen LogP contribution in [0, 0.1) is 0 Å². The normalized spacial score (nSPS) is 16.0. The van der Waals surface area contributed by atoms with Crippen molar-refractivity contribution < 1.29 is 14.3 Å². The Morgan fingerprint density at radius 2 is 1.85 bits per heavy atom. The number of carbonyl (C=O) groups is 1. The molecule has 0 fully saturated rings. The molecule has 0 bridgehead atoms. The lowest BCUT2D eigenvalue weighted by Crippen LogP contribution is -2.32. The van der Waals surface area contributed by atoms with E-state index < -0.39 is 0 Å². The summed E-state index contributed by atoms with van der Waals surface area (Å²) in [6.07, 6.45) is 3.40. The van der Waals surface area contributed by atoms with Crippen molar-refractivity contribution >= 4 is 16.8 Å². The van der Waals surface area contributed by atoms with Gasteiger partial charge < -0.3 is 19.8 Å². The molecule has 140 valence electrons. The molecule has 0 unspecified atom stereocenters. The molecule has 5 heteroatoms. The molecule has 0 spiro atoms. The number of H-pyrrole nitrogens is 1. The van der Waals surface area contributed by atoms with Crippen LogP contribution in [0.25, 0.3) is 10.9 Å². The maximum Gasteiger partial charge on any atom is 0.224 e. The Kier molecular flexibility index (Phi) is 4.75. The lowest BCUT2D eigenvalue weighted by atomic mass is 9.91. The fraction of sp³-hybridized carbons (Fsp3) is 0.318. The number of amides is 1. The summed E-state index contributed by atoms with van der Waals surface area (Å²) in [5.74, 6) is 1.69. The number of hydrogen-bond donors (Lipinski definition) is 2. The van der Waals surface area contributed by atoms with E-state index in [1.807, 2.05) is 36.4 Å². The fourth-order valence-electron chi connectivity index (χ4n) is 3.89. The second kappa shape index (κ2) is 7.35. The summed E-state index contributed by atoms with van der Waals surface area (Å²) >= 11 is 0. The molecule has 0 radical (unpaired) electrons. The molecule has 1 aliphatic rings. The molecule has 0 aliphatic heterocycles. The monoisotopic (exact) mass is 364 g/mol. The first kappa shape index (κ1) is 17.5. The van der Waals surface area contributed by atoms with Gasteiger partial charge in [0.25, 0.3) is 0 Å². The Hall–Kier alpha value is -2.95. The van der Waals surface area contributed by atoms with Crippen molar-refractivity contribution in [3.8, 4) is 11.5 Å². The van der Waals surface area contributed by atoms with E-state index in [4.69, 9.17) is 9.47 Å². The lowest BCUT2D eigenvalue weighted by Gasteiger charge is -2.24. The molecule has 3 aromatic rings. The van der Waals surface area contributed by atoms with Crippen LogP contribution >= 0.6 is 0 Å². The quantitative estimate of drug-likeness (QED) is 0.721. The van der Waals surface area contributed by atoms with E-state index in [0.717, 1.165) is 47.5 Å². The molecular formula is C22H24N2O3. The third-order valence-electron chi connectivity index (χ3n) is 5.27. The molecule has 5 nitrogen and oxygen atoms in total. The van der Waals surface area contributed by atoms with E-state index >= 15 is 0 Å².